The van der Waals surface area contributed by atoms with E-state index in [9.17, 15) is 19.8 Å². The number of nitrogens with one attached hydrogen (secondary N) is 1. The van der Waals surface area contributed by atoms with Crippen LogP contribution in [0.2, 0.25) is 0 Å². The fraction of sp³-hybridized carbons (Fsp3) is 0.304. The molecule has 1 heterocycles. The first-order valence-corrected chi connectivity index (χ1v) is 9.71. The number of hydrogen-bond acceptors (Lipinski definition) is 3. The van der Waals surface area contributed by atoms with E-state index in [1.807, 2.05) is 6.07 Å². The molecule has 1 atom stereocenters. The van der Waals surface area contributed by atoms with Gasteiger partial charge in [0.15, 0.2) is 5.78 Å². The maximum atomic E-state index is 12.7. The smallest absolute Gasteiger partial charge is 0.311 e. The second kappa shape index (κ2) is 7.50. The van der Waals surface area contributed by atoms with E-state index in [1.165, 1.54) is 6.07 Å². The average molecular weight is 377 g/mol. The van der Waals surface area contributed by atoms with E-state index in [4.69, 9.17) is 0 Å². The molecule has 1 aliphatic rings. The van der Waals surface area contributed by atoms with Gasteiger partial charge in [0, 0.05) is 22.7 Å². The van der Waals surface area contributed by atoms with Gasteiger partial charge in [-0.15, -0.1) is 0 Å². The van der Waals surface area contributed by atoms with Crippen molar-refractivity contribution in [2.24, 2.45) is 5.92 Å². The first-order chi connectivity index (χ1) is 13.5. The Morgan fingerprint density at radius 2 is 1.82 bits per heavy atom. The Hall–Kier alpha value is -3.08. The number of aromatic amines is 1. The quantitative estimate of drug-likeness (QED) is 0.536. The Labute approximate surface area is 163 Å². The first-order valence-electron chi connectivity index (χ1n) is 9.71. The first kappa shape index (κ1) is 18.3. The number of hydrogen-bond donors (Lipinski definition) is 3. The van der Waals surface area contributed by atoms with Crippen molar-refractivity contribution in [3.63, 3.8) is 0 Å². The predicted octanol–water partition coefficient (Wildman–Crippen LogP) is 4.85. The largest absolute Gasteiger partial charge is 0.507 e. The molecule has 3 N–H and O–H groups in total. The normalized spacial score (nSPS) is 15.7. The molecule has 0 bridgehead atoms. The molecule has 144 valence electrons. The van der Waals surface area contributed by atoms with Gasteiger partial charge >= 0.3 is 5.97 Å². The van der Waals surface area contributed by atoms with Crippen molar-refractivity contribution in [1.82, 2.24) is 4.98 Å². The van der Waals surface area contributed by atoms with E-state index in [-0.39, 0.29) is 17.1 Å². The van der Waals surface area contributed by atoms with Crippen molar-refractivity contribution in [3.8, 4) is 5.75 Å². The van der Waals surface area contributed by atoms with E-state index in [1.54, 1.807) is 36.5 Å². The molecule has 1 saturated carbocycles. The molecule has 0 saturated heterocycles. The zero-order valence-corrected chi connectivity index (χ0v) is 15.5. The number of phenolic OH excluding ortho intramolecular Hbond substituents is 1. The number of carbonyl (C=O) groups is 2. The van der Waals surface area contributed by atoms with E-state index in [0.29, 0.717) is 34.4 Å². The van der Waals surface area contributed by atoms with Gasteiger partial charge in [0.25, 0.3) is 0 Å². The molecule has 0 aliphatic heterocycles. The fourth-order valence-corrected chi connectivity index (χ4v) is 4.34. The van der Waals surface area contributed by atoms with Crippen LogP contribution < -0.4 is 0 Å². The van der Waals surface area contributed by atoms with Crippen molar-refractivity contribution < 1.29 is 19.8 Å². The Morgan fingerprint density at radius 1 is 1.11 bits per heavy atom. The van der Waals surface area contributed by atoms with Crippen LogP contribution in [0, 0.1) is 5.92 Å². The van der Waals surface area contributed by atoms with Gasteiger partial charge in [0.1, 0.15) is 5.75 Å². The van der Waals surface area contributed by atoms with Crippen molar-refractivity contribution >= 4 is 22.7 Å². The van der Waals surface area contributed by atoms with Crippen LogP contribution >= 0.6 is 0 Å². The minimum Gasteiger partial charge on any atom is -0.507 e. The van der Waals surface area contributed by atoms with Gasteiger partial charge in [0.2, 0.25) is 0 Å². The molecule has 1 unspecified atom stereocenters. The minimum atomic E-state index is -0.850. The summed E-state index contributed by atoms with van der Waals surface area (Å²) in [5.41, 5.74) is 2.02. The molecule has 0 radical (unpaired) electrons. The van der Waals surface area contributed by atoms with Crippen LogP contribution in [0.1, 0.15) is 59.5 Å². The number of rotatable bonds is 6. The lowest BCUT2D eigenvalue weighted by molar-refractivity contribution is -0.139. The van der Waals surface area contributed by atoms with Crippen molar-refractivity contribution in [1.29, 1.82) is 0 Å². The number of carbonyl (C=O) groups excluding carboxylic acids is 1. The Kier molecular flexibility index (Phi) is 4.90. The monoisotopic (exact) mass is 377 g/mol. The van der Waals surface area contributed by atoms with Gasteiger partial charge < -0.3 is 15.2 Å². The molecule has 4 rings (SSSR count). The lowest BCUT2D eigenvalue weighted by Crippen LogP contribution is -2.14. The molecule has 3 aromatic rings. The van der Waals surface area contributed by atoms with E-state index >= 15 is 0 Å². The number of aromatic hydroxyl groups is 1. The zero-order chi connectivity index (χ0) is 19.7. The summed E-state index contributed by atoms with van der Waals surface area (Å²) in [6, 6.07) is 11.9. The van der Waals surface area contributed by atoms with Crippen molar-refractivity contribution in [3.05, 3.63) is 65.4 Å². The molecule has 0 spiro atoms. The molecule has 2 aromatic carbocycles. The Balaban J connectivity index is 1.71. The van der Waals surface area contributed by atoms with Gasteiger partial charge in [0.05, 0.1) is 11.5 Å². The molecular formula is C23H23NO4. The zero-order valence-electron chi connectivity index (χ0n) is 15.5. The average Bonchev–Trinajstić information content (AvgIpc) is 3.35. The van der Waals surface area contributed by atoms with Crippen LogP contribution in [0.3, 0.4) is 0 Å². The highest BCUT2D eigenvalue weighted by atomic mass is 16.4. The molecule has 5 nitrogen and oxygen atoms in total. The molecule has 28 heavy (non-hydrogen) atoms. The summed E-state index contributed by atoms with van der Waals surface area (Å²) in [6.07, 6.45) is 6.79. The van der Waals surface area contributed by atoms with Crippen molar-refractivity contribution in [2.75, 3.05) is 0 Å². The van der Waals surface area contributed by atoms with Crippen LogP contribution in [-0.4, -0.2) is 26.9 Å². The van der Waals surface area contributed by atoms with E-state index in [0.717, 1.165) is 25.7 Å². The molecule has 1 aliphatic carbocycles. The Bertz CT molecular complexity index is 1020. The number of ketones is 1. The maximum absolute atomic E-state index is 12.7. The van der Waals surface area contributed by atoms with Crippen LogP contribution in [-0.2, 0) is 4.79 Å². The van der Waals surface area contributed by atoms with E-state index < -0.39 is 11.9 Å². The fourth-order valence-electron chi connectivity index (χ4n) is 4.34. The molecule has 1 aromatic heterocycles. The number of carboxylic acid groups (broad SMARTS) is 1. The molecule has 0 amide bonds. The number of carboxylic acids is 1. The van der Waals surface area contributed by atoms with Crippen LogP contribution in [0.25, 0.3) is 10.9 Å². The number of H-pyrrole nitrogens is 1. The third-order valence-electron chi connectivity index (χ3n) is 5.83. The van der Waals surface area contributed by atoms with Gasteiger partial charge in [-0.25, -0.2) is 0 Å². The topological polar surface area (TPSA) is 90.4 Å². The van der Waals surface area contributed by atoms with Crippen molar-refractivity contribution in [2.45, 2.75) is 38.0 Å². The van der Waals surface area contributed by atoms with Crippen LogP contribution in [0.4, 0.5) is 0 Å². The lowest BCUT2D eigenvalue weighted by Gasteiger charge is -2.16. The summed E-state index contributed by atoms with van der Waals surface area (Å²) >= 11 is 0. The highest BCUT2D eigenvalue weighted by Gasteiger charge is 2.29. The molecule has 5 heteroatoms. The van der Waals surface area contributed by atoms with Gasteiger partial charge in [-0.1, -0.05) is 56.0 Å². The molecular weight excluding hydrogens is 354 g/mol. The highest BCUT2D eigenvalue weighted by molar-refractivity contribution is 6.12. The summed E-state index contributed by atoms with van der Waals surface area (Å²) in [4.78, 5) is 27.8. The summed E-state index contributed by atoms with van der Waals surface area (Å²) < 4.78 is 0. The number of aromatic nitrogens is 1. The second-order valence-electron chi connectivity index (χ2n) is 7.63. The third kappa shape index (κ3) is 3.40. The van der Waals surface area contributed by atoms with Crippen LogP contribution in [0.5, 0.6) is 5.75 Å². The predicted molar refractivity (Wildman–Crippen MR) is 107 cm³/mol. The number of phenols is 1. The maximum Gasteiger partial charge on any atom is 0.311 e. The van der Waals surface area contributed by atoms with Gasteiger partial charge in [-0.3, -0.25) is 9.59 Å². The minimum absolute atomic E-state index is 0.132. The summed E-state index contributed by atoms with van der Waals surface area (Å²) in [7, 11) is 0. The van der Waals surface area contributed by atoms with Gasteiger partial charge in [-0.05, 0) is 30.0 Å². The van der Waals surface area contributed by atoms with Gasteiger partial charge in [-0.2, -0.15) is 0 Å². The summed E-state index contributed by atoms with van der Waals surface area (Å²) in [6.45, 7) is 0. The Morgan fingerprint density at radius 3 is 2.50 bits per heavy atom. The number of fused-ring (bicyclic) bond motifs is 1. The standard InChI is InChI=1S/C23H23NO4/c25-21-12-16-19(17(23(27)28)10-14-6-4-5-7-14)13-24-20(16)11-18(21)22(26)15-8-2-1-3-9-15/h1-3,8-9,11-14,17,24-25H,4-7,10H2,(H,27,28). The second-order valence-corrected chi connectivity index (χ2v) is 7.63. The SMILES string of the molecule is O=C(c1ccccc1)c1cc2[nH]cc(C(CC3CCCC3)C(=O)O)c2cc1O. The lowest BCUT2D eigenvalue weighted by atomic mass is 9.87. The summed E-state index contributed by atoms with van der Waals surface area (Å²) in [5, 5.41) is 21.0. The molecule has 1 fully saturated rings. The van der Waals surface area contributed by atoms with E-state index in [2.05, 4.69) is 4.98 Å². The highest BCUT2D eigenvalue weighted by Crippen LogP contribution is 2.38. The number of benzene rings is 2. The van der Waals surface area contributed by atoms with Crippen LogP contribution in [0.15, 0.2) is 48.7 Å². The third-order valence-corrected chi connectivity index (χ3v) is 5.83. The number of aliphatic carboxylic acids is 1. The summed E-state index contributed by atoms with van der Waals surface area (Å²) in [5.74, 6) is -1.44.